The first-order valence-electron chi connectivity index (χ1n) is 7.69. The Hall–Kier alpha value is -2.91. The molecule has 1 heterocycles. The summed E-state index contributed by atoms with van der Waals surface area (Å²) >= 11 is 3.53. The molecule has 124 valence electrons. The number of nitrogens with zero attached hydrogens (tertiary/aromatic N) is 3. The first-order chi connectivity index (χ1) is 12.0. The van der Waals surface area contributed by atoms with Gasteiger partial charge in [0.05, 0.1) is 11.6 Å². The van der Waals surface area contributed by atoms with E-state index in [0.717, 1.165) is 15.8 Å². The van der Waals surface area contributed by atoms with E-state index < -0.39 is 0 Å². The predicted octanol–water partition coefficient (Wildman–Crippen LogP) is 5.21. The minimum absolute atomic E-state index is 0.596. The Morgan fingerprint density at radius 3 is 2.24 bits per heavy atom. The van der Waals surface area contributed by atoms with E-state index in [9.17, 15) is 0 Å². The van der Waals surface area contributed by atoms with Crippen LogP contribution in [-0.4, -0.2) is 9.97 Å². The lowest BCUT2D eigenvalue weighted by Gasteiger charge is -2.11. The summed E-state index contributed by atoms with van der Waals surface area (Å²) in [5.74, 6) is 2.01. The van der Waals surface area contributed by atoms with E-state index in [2.05, 4.69) is 42.6 Å². The van der Waals surface area contributed by atoms with E-state index in [1.54, 1.807) is 12.1 Å². The Balaban J connectivity index is 1.84. The molecular weight excluding hydrogens is 378 g/mol. The highest BCUT2D eigenvalue weighted by Gasteiger charge is 2.05. The zero-order valence-corrected chi connectivity index (χ0v) is 15.4. The lowest BCUT2D eigenvalue weighted by molar-refractivity contribution is 1.06. The number of rotatable bonds is 4. The minimum atomic E-state index is 0.596. The molecule has 0 aliphatic heterocycles. The highest BCUT2D eigenvalue weighted by molar-refractivity contribution is 9.10. The summed E-state index contributed by atoms with van der Waals surface area (Å²) in [6, 6.07) is 17.3. The van der Waals surface area contributed by atoms with Gasteiger partial charge in [-0.3, -0.25) is 0 Å². The van der Waals surface area contributed by atoms with Gasteiger partial charge in [-0.1, -0.05) is 28.1 Å². The second kappa shape index (κ2) is 7.32. The highest BCUT2D eigenvalue weighted by atomic mass is 79.9. The molecule has 0 unspecified atom stereocenters. The van der Waals surface area contributed by atoms with Crippen LogP contribution in [0.5, 0.6) is 0 Å². The summed E-state index contributed by atoms with van der Waals surface area (Å²) in [4.78, 5) is 8.83. The molecule has 1 aromatic heterocycles. The van der Waals surface area contributed by atoms with Crippen molar-refractivity contribution < 1.29 is 0 Å². The molecule has 5 nitrogen and oxygen atoms in total. The largest absolute Gasteiger partial charge is 0.340 e. The number of aryl methyl sites for hydroxylation is 2. The maximum atomic E-state index is 9.01. The summed E-state index contributed by atoms with van der Waals surface area (Å²) in [7, 11) is 0. The first-order valence-corrected chi connectivity index (χ1v) is 8.49. The molecule has 3 aromatic rings. The number of hydrogen-bond acceptors (Lipinski definition) is 5. The number of hydrogen-bond donors (Lipinski definition) is 2. The van der Waals surface area contributed by atoms with Crippen LogP contribution in [0.1, 0.15) is 17.0 Å². The van der Waals surface area contributed by atoms with Crippen molar-refractivity contribution in [3.8, 4) is 6.07 Å². The normalized spacial score (nSPS) is 10.2. The lowest BCUT2D eigenvalue weighted by Crippen LogP contribution is -2.01. The SMILES string of the molecule is Cc1nc(Nc2cccc(C#N)c2)cc(Nc2ccc(C)c(Br)c2)n1. The number of nitriles is 1. The quantitative estimate of drug-likeness (QED) is 0.635. The third-order valence-corrected chi connectivity index (χ3v) is 4.40. The fraction of sp³-hybridized carbons (Fsp3) is 0.105. The van der Waals surface area contributed by atoms with E-state index in [4.69, 9.17) is 5.26 Å². The topological polar surface area (TPSA) is 73.6 Å². The van der Waals surface area contributed by atoms with Crippen molar-refractivity contribution in [1.82, 2.24) is 9.97 Å². The molecule has 6 heteroatoms. The van der Waals surface area contributed by atoms with Crippen LogP contribution >= 0.6 is 15.9 Å². The van der Waals surface area contributed by atoms with Gasteiger partial charge >= 0.3 is 0 Å². The van der Waals surface area contributed by atoms with E-state index in [-0.39, 0.29) is 0 Å². The van der Waals surface area contributed by atoms with Gasteiger partial charge in [-0.15, -0.1) is 0 Å². The van der Waals surface area contributed by atoms with Crippen LogP contribution in [0.25, 0.3) is 0 Å². The minimum Gasteiger partial charge on any atom is -0.340 e. The van der Waals surface area contributed by atoms with Crippen LogP contribution < -0.4 is 10.6 Å². The van der Waals surface area contributed by atoms with Crippen LogP contribution in [0.4, 0.5) is 23.0 Å². The van der Waals surface area contributed by atoms with Crippen LogP contribution in [0, 0.1) is 25.2 Å². The lowest BCUT2D eigenvalue weighted by atomic mass is 10.2. The fourth-order valence-electron chi connectivity index (χ4n) is 2.33. The van der Waals surface area contributed by atoms with Gasteiger partial charge < -0.3 is 10.6 Å². The highest BCUT2D eigenvalue weighted by Crippen LogP contribution is 2.24. The number of halogens is 1. The number of anilines is 4. The van der Waals surface area contributed by atoms with E-state index in [0.29, 0.717) is 23.0 Å². The Bertz CT molecular complexity index is 962. The zero-order valence-electron chi connectivity index (χ0n) is 13.8. The molecule has 0 bridgehead atoms. The predicted molar refractivity (Wildman–Crippen MR) is 103 cm³/mol. The molecule has 0 saturated carbocycles. The summed E-state index contributed by atoms with van der Waals surface area (Å²) in [5, 5.41) is 15.5. The second-order valence-corrected chi connectivity index (χ2v) is 6.45. The molecule has 0 fully saturated rings. The summed E-state index contributed by atoms with van der Waals surface area (Å²) in [5.41, 5.74) is 3.51. The molecule has 0 radical (unpaired) electrons. The summed E-state index contributed by atoms with van der Waals surface area (Å²) in [6.45, 7) is 3.88. The molecule has 0 aliphatic rings. The van der Waals surface area contributed by atoms with E-state index in [1.807, 2.05) is 50.2 Å². The van der Waals surface area contributed by atoms with Crippen LogP contribution in [-0.2, 0) is 0 Å². The standard InChI is InChI=1S/C19H16BrN5/c1-12-6-7-16(9-17(12)20)25-19-10-18(22-13(2)23-19)24-15-5-3-4-14(8-15)11-21/h3-10H,1-2H3,(H2,22,23,24,25). The second-order valence-electron chi connectivity index (χ2n) is 5.59. The third kappa shape index (κ3) is 4.34. The first kappa shape index (κ1) is 16.9. The van der Waals surface area contributed by atoms with Crippen LogP contribution in [0.15, 0.2) is 53.0 Å². The molecule has 0 atom stereocenters. The van der Waals surface area contributed by atoms with Crippen molar-refractivity contribution in [2.24, 2.45) is 0 Å². The van der Waals surface area contributed by atoms with Crippen molar-refractivity contribution >= 4 is 38.9 Å². The molecule has 25 heavy (non-hydrogen) atoms. The van der Waals surface area contributed by atoms with Gasteiger partial charge in [0.25, 0.3) is 0 Å². The van der Waals surface area contributed by atoms with Gasteiger partial charge in [0, 0.05) is 21.9 Å². The number of aromatic nitrogens is 2. The van der Waals surface area contributed by atoms with E-state index >= 15 is 0 Å². The van der Waals surface area contributed by atoms with Gasteiger partial charge in [-0.25, -0.2) is 9.97 Å². The van der Waals surface area contributed by atoms with Crippen molar-refractivity contribution in [3.05, 3.63) is 70.0 Å². The average Bonchev–Trinajstić information content (AvgIpc) is 2.58. The smallest absolute Gasteiger partial charge is 0.136 e. The van der Waals surface area contributed by atoms with Gasteiger partial charge in [0.15, 0.2) is 0 Å². The maximum Gasteiger partial charge on any atom is 0.136 e. The van der Waals surface area contributed by atoms with Crippen molar-refractivity contribution in [3.63, 3.8) is 0 Å². The molecular formula is C19H16BrN5. The zero-order chi connectivity index (χ0) is 17.8. The van der Waals surface area contributed by atoms with E-state index in [1.165, 1.54) is 5.56 Å². The molecule has 0 aliphatic carbocycles. The molecule has 2 N–H and O–H groups in total. The monoisotopic (exact) mass is 393 g/mol. The molecule has 2 aromatic carbocycles. The van der Waals surface area contributed by atoms with Gasteiger partial charge in [-0.05, 0) is 49.7 Å². The molecule has 3 rings (SSSR count). The Morgan fingerprint density at radius 2 is 1.60 bits per heavy atom. The summed E-state index contributed by atoms with van der Waals surface area (Å²) < 4.78 is 1.04. The van der Waals surface area contributed by atoms with Crippen LogP contribution in [0.2, 0.25) is 0 Å². The number of nitrogens with one attached hydrogen (secondary N) is 2. The fourth-order valence-corrected chi connectivity index (χ4v) is 2.71. The molecule has 0 saturated heterocycles. The third-order valence-electron chi connectivity index (χ3n) is 3.55. The molecule has 0 amide bonds. The summed E-state index contributed by atoms with van der Waals surface area (Å²) in [6.07, 6.45) is 0. The number of benzene rings is 2. The Labute approximate surface area is 154 Å². The average molecular weight is 394 g/mol. The maximum absolute atomic E-state index is 9.01. The van der Waals surface area contributed by atoms with Crippen LogP contribution in [0.3, 0.4) is 0 Å². The van der Waals surface area contributed by atoms with Crippen molar-refractivity contribution in [2.45, 2.75) is 13.8 Å². The Kier molecular flexibility index (Phi) is 4.96. The van der Waals surface area contributed by atoms with Gasteiger partial charge in [0.1, 0.15) is 17.5 Å². The van der Waals surface area contributed by atoms with Gasteiger partial charge in [0.2, 0.25) is 0 Å². The van der Waals surface area contributed by atoms with Crippen molar-refractivity contribution in [1.29, 1.82) is 5.26 Å². The molecule has 0 spiro atoms. The van der Waals surface area contributed by atoms with Gasteiger partial charge in [-0.2, -0.15) is 5.26 Å². The Morgan fingerprint density at radius 1 is 0.920 bits per heavy atom. The van der Waals surface area contributed by atoms with Crippen molar-refractivity contribution in [2.75, 3.05) is 10.6 Å².